The van der Waals surface area contributed by atoms with Gasteiger partial charge in [0, 0.05) is 0 Å². The SMILES string of the molecule is CCCNCCC.Cc1cc(C)cc(C)c1. The summed E-state index contributed by atoms with van der Waals surface area (Å²) >= 11 is 0. The van der Waals surface area contributed by atoms with E-state index in [0.29, 0.717) is 0 Å². The van der Waals surface area contributed by atoms with Crippen LogP contribution in [0.25, 0.3) is 0 Å². The molecule has 1 nitrogen and oxygen atoms in total. The Morgan fingerprint density at radius 1 is 0.750 bits per heavy atom. The van der Waals surface area contributed by atoms with Crippen LogP contribution >= 0.6 is 0 Å². The zero-order valence-corrected chi connectivity index (χ0v) is 11.6. The molecule has 0 spiro atoms. The van der Waals surface area contributed by atoms with E-state index >= 15 is 0 Å². The van der Waals surface area contributed by atoms with Crippen molar-refractivity contribution in [2.75, 3.05) is 13.1 Å². The third-order valence-electron chi connectivity index (χ3n) is 2.22. The van der Waals surface area contributed by atoms with E-state index in [-0.39, 0.29) is 0 Å². The topological polar surface area (TPSA) is 12.0 Å². The minimum atomic E-state index is 1.17. The number of nitrogens with one attached hydrogen (secondary N) is 1. The Hall–Kier alpha value is -0.820. The van der Waals surface area contributed by atoms with Crippen molar-refractivity contribution in [3.05, 3.63) is 34.9 Å². The van der Waals surface area contributed by atoms with Crippen LogP contribution in [-0.2, 0) is 0 Å². The van der Waals surface area contributed by atoms with Gasteiger partial charge in [0.15, 0.2) is 0 Å². The van der Waals surface area contributed by atoms with Crippen LogP contribution in [0.1, 0.15) is 43.4 Å². The van der Waals surface area contributed by atoms with Crippen molar-refractivity contribution in [3.63, 3.8) is 0 Å². The smallest absolute Gasteiger partial charge is 0.00516 e. The number of aryl methyl sites for hydroxylation is 3. The molecule has 0 aliphatic heterocycles. The molecule has 0 aliphatic carbocycles. The van der Waals surface area contributed by atoms with Crippen LogP contribution in [0.5, 0.6) is 0 Å². The highest BCUT2D eigenvalue weighted by molar-refractivity contribution is 5.27. The third-order valence-corrected chi connectivity index (χ3v) is 2.22. The number of hydrogen-bond donors (Lipinski definition) is 1. The molecule has 0 saturated carbocycles. The summed E-state index contributed by atoms with van der Waals surface area (Å²) in [5, 5.41) is 3.28. The minimum Gasteiger partial charge on any atom is -0.317 e. The summed E-state index contributed by atoms with van der Waals surface area (Å²) in [4.78, 5) is 0. The van der Waals surface area contributed by atoms with Crippen LogP contribution in [0.4, 0.5) is 0 Å². The predicted molar refractivity (Wildman–Crippen MR) is 74.1 cm³/mol. The van der Waals surface area contributed by atoms with E-state index in [2.05, 4.69) is 58.1 Å². The second kappa shape index (κ2) is 9.41. The van der Waals surface area contributed by atoms with E-state index in [0.717, 1.165) is 0 Å². The summed E-state index contributed by atoms with van der Waals surface area (Å²) in [5.74, 6) is 0. The van der Waals surface area contributed by atoms with Gasteiger partial charge in [-0.3, -0.25) is 0 Å². The molecule has 0 bridgehead atoms. The maximum absolute atomic E-state index is 3.28. The lowest BCUT2D eigenvalue weighted by atomic mass is 10.1. The molecular formula is C15H27N. The molecule has 0 atom stereocenters. The molecule has 0 amide bonds. The zero-order valence-electron chi connectivity index (χ0n) is 11.6. The van der Waals surface area contributed by atoms with Gasteiger partial charge in [-0.1, -0.05) is 48.7 Å². The second-order valence-electron chi connectivity index (χ2n) is 4.42. The fourth-order valence-corrected chi connectivity index (χ4v) is 1.68. The first kappa shape index (κ1) is 15.2. The van der Waals surface area contributed by atoms with Crippen molar-refractivity contribution in [3.8, 4) is 0 Å². The lowest BCUT2D eigenvalue weighted by Crippen LogP contribution is -2.14. The average Bonchev–Trinajstić information content (AvgIpc) is 2.17. The van der Waals surface area contributed by atoms with Gasteiger partial charge in [0.1, 0.15) is 0 Å². The molecule has 16 heavy (non-hydrogen) atoms. The Morgan fingerprint density at radius 3 is 1.31 bits per heavy atom. The zero-order chi connectivity index (χ0) is 12.4. The minimum absolute atomic E-state index is 1.17. The van der Waals surface area contributed by atoms with Gasteiger partial charge in [0.25, 0.3) is 0 Å². The van der Waals surface area contributed by atoms with Gasteiger partial charge in [0.2, 0.25) is 0 Å². The van der Waals surface area contributed by atoms with Crippen LogP contribution < -0.4 is 5.32 Å². The molecule has 0 heterocycles. The van der Waals surface area contributed by atoms with E-state index < -0.39 is 0 Å². The molecule has 1 heteroatoms. The third kappa shape index (κ3) is 8.49. The van der Waals surface area contributed by atoms with Crippen LogP contribution in [0.3, 0.4) is 0 Å². The van der Waals surface area contributed by atoms with E-state index in [9.17, 15) is 0 Å². The lowest BCUT2D eigenvalue weighted by Gasteiger charge is -1.96. The molecule has 1 aromatic carbocycles. The van der Waals surface area contributed by atoms with Crippen LogP contribution in [0, 0.1) is 20.8 Å². The van der Waals surface area contributed by atoms with E-state index in [1.165, 1.54) is 42.6 Å². The van der Waals surface area contributed by atoms with Crippen LogP contribution in [-0.4, -0.2) is 13.1 Å². The maximum Gasteiger partial charge on any atom is -0.00516 e. The summed E-state index contributed by atoms with van der Waals surface area (Å²) in [6.45, 7) is 13.1. The van der Waals surface area contributed by atoms with E-state index in [4.69, 9.17) is 0 Å². The molecule has 92 valence electrons. The van der Waals surface area contributed by atoms with Crippen LogP contribution in [0.2, 0.25) is 0 Å². The lowest BCUT2D eigenvalue weighted by molar-refractivity contribution is 0.662. The molecule has 1 rings (SSSR count). The Kier molecular flexibility index (Phi) is 8.93. The molecule has 0 fully saturated rings. The molecule has 0 unspecified atom stereocenters. The molecule has 0 aliphatic rings. The van der Waals surface area contributed by atoms with Crippen molar-refractivity contribution in [1.82, 2.24) is 5.32 Å². The first-order valence-corrected chi connectivity index (χ1v) is 6.35. The Morgan fingerprint density at radius 2 is 1.06 bits per heavy atom. The van der Waals surface area contributed by atoms with Gasteiger partial charge < -0.3 is 5.32 Å². The summed E-state index contributed by atoms with van der Waals surface area (Å²) < 4.78 is 0. The van der Waals surface area contributed by atoms with Gasteiger partial charge in [0.05, 0.1) is 0 Å². The first-order valence-electron chi connectivity index (χ1n) is 6.35. The normalized spacial score (nSPS) is 9.56. The summed E-state index contributed by atoms with van der Waals surface area (Å²) in [7, 11) is 0. The van der Waals surface area contributed by atoms with Crippen molar-refractivity contribution >= 4 is 0 Å². The second-order valence-corrected chi connectivity index (χ2v) is 4.42. The van der Waals surface area contributed by atoms with Gasteiger partial charge in [-0.2, -0.15) is 0 Å². The van der Waals surface area contributed by atoms with Gasteiger partial charge >= 0.3 is 0 Å². The quantitative estimate of drug-likeness (QED) is 0.758. The molecule has 0 aromatic heterocycles. The van der Waals surface area contributed by atoms with Crippen LogP contribution in [0.15, 0.2) is 18.2 Å². The predicted octanol–water partition coefficient (Wildman–Crippen LogP) is 4.01. The first-order chi connectivity index (χ1) is 7.60. The Labute approximate surface area is 101 Å². The molecule has 0 saturated heterocycles. The highest BCUT2D eigenvalue weighted by Crippen LogP contribution is 2.06. The van der Waals surface area contributed by atoms with Gasteiger partial charge in [-0.05, 0) is 46.7 Å². The Balaban J connectivity index is 0.000000293. The van der Waals surface area contributed by atoms with Crippen molar-refractivity contribution < 1.29 is 0 Å². The fraction of sp³-hybridized carbons (Fsp3) is 0.600. The summed E-state index contributed by atoms with van der Waals surface area (Å²) in [5.41, 5.74) is 4.06. The summed E-state index contributed by atoms with van der Waals surface area (Å²) in [6.07, 6.45) is 2.50. The van der Waals surface area contributed by atoms with E-state index in [1.807, 2.05) is 0 Å². The van der Waals surface area contributed by atoms with Crippen molar-refractivity contribution in [2.24, 2.45) is 0 Å². The highest BCUT2D eigenvalue weighted by atomic mass is 14.8. The van der Waals surface area contributed by atoms with Crippen molar-refractivity contribution in [1.29, 1.82) is 0 Å². The molecule has 1 N–H and O–H groups in total. The number of rotatable bonds is 4. The van der Waals surface area contributed by atoms with Crippen molar-refractivity contribution in [2.45, 2.75) is 47.5 Å². The highest BCUT2D eigenvalue weighted by Gasteiger charge is 1.87. The molecule has 1 aromatic rings. The largest absolute Gasteiger partial charge is 0.317 e. The van der Waals surface area contributed by atoms with Gasteiger partial charge in [-0.25, -0.2) is 0 Å². The number of benzene rings is 1. The number of hydrogen-bond acceptors (Lipinski definition) is 1. The van der Waals surface area contributed by atoms with Gasteiger partial charge in [-0.15, -0.1) is 0 Å². The molecule has 0 radical (unpaired) electrons. The average molecular weight is 221 g/mol. The maximum atomic E-state index is 3.28. The van der Waals surface area contributed by atoms with E-state index in [1.54, 1.807) is 0 Å². The Bertz CT molecular complexity index is 224. The molecular weight excluding hydrogens is 194 g/mol. The monoisotopic (exact) mass is 221 g/mol. The standard InChI is InChI=1S/C9H12.C6H15N/c1-7-4-8(2)6-9(3)5-7;1-3-5-7-6-4-2/h4-6H,1-3H3;7H,3-6H2,1-2H3. The fourth-order valence-electron chi connectivity index (χ4n) is 1.68. The summed E-state index contributed by atoms with van der Waals surface area (Å²) in [6, 6.07) is 6.56.